The molecule has 98 valence electrons. The lowest BCUT2D eigenvalue weighted by Gasteiger charge is -2.37. The Labute approximate surface area is 119 Å². The topological polar surface area (TPSA) is 15.3 Å². The Kier molecular flexibility index (Phi) is 4.84. The molecular formula is C14H19ClN2S. The Morgan fingerprint density at radius 1 is 1.39 bits per heavy atom. The molecule has 0 aromatic heterocycles. The van der Waals surface area contributed by atoms with Gasteiger partial charge in [0.2, 0.25) is 0 Å². The van der Waals surface area contributed by atoms with Crippen LogP contribution in [0.3, 0.4) is 0 Å². The fourth-order valence-electron chi connectivity index (χ4n) is 2.42. The van der Waals surface area contributed by atoms with Crippen molar-refractivity contribution in [1.29, 1.82) is 0 Å². The van der Waals surface area contributed by atoms with Crippen LogP contribution in [0.25, 0.3) is 0 Å². The smallest absolute Gasteiger partial charge is 0.173 e. The standard InChI is InChI=1S/C14H19ClN2S/c1-2-13-5-3-4-10-17(13)14(18)16-12-8-6-11(15)7-9-12/h6-9,13H,2-5,10H2,1H3,(H,16,18)/t13-/m0/s1. The maximum absolute atomic E-state index is 5.87. The quantitative estimate of drug-likeness (QED) is 0.814. The van der Waals surface area contributed by atoms with Crippen LogP contribution in [0.1, 0.15) is 32.6 Å². The number of halogens is 1. The maximum atomic E-state index is 5.87. The molecular weight excluding hydrogens is 264 g/mol. The summed E-state index contributed by atoms with van der Waals surface area (Å²) >= 11 is 11.4. The molecule has 1 N–H and O–H groups in total. The third-order valence-corrected chi connectivity index (χ3v) is 4.04. The number of nitrogens with one attached hydrogen (secondary N) is 1. The van der Waals surface area contributed by atoms with Crippen molar-refractivity contribution in [3.05, 3.63) is 29.3 Å². The minimum atomic E-state index is 0.589. The highest BCUT2D eigenvalue weighted by molar-refractivity contribution is 7.80. The molecule has 1 fully saturated rings. The predicted molar refractivity (Wildman–Crippen MR) is 82.3 cm³/mol. The molecule has 2 nitrogen and oxygen atoms in total. The van der Waals surface area contributed by atoms with Crippen molar-refractivity contribution >= 4 is 34.6 Å². The Bertz CT molecular complexity index is 405. The SMILES string of the molecule is CC[C@H]1CCCCN1C(=S)Nc1ccc(Cl)cc1. The van der Waals surface area contributed by atoms with Crippen LogP contribution in [0, 0.1) is 0 Å². The van der Waals surface area contributed by atoms with E-state index in [9.17, 15) is 0 Å². The van der Waals surface area contributed by atoms with Gasteiger partial charge >= 0.3 is 0 Å². The number of piperidine rings is 1. The van der Waals surface area contributed by atoms with Crippen molar-refractivity contribution in [2.75, 3.05) is 11.9 Å². The number of nitrogens with zero attached hydrogens (tertiary/aromatic N) is 1. The summed E-state index contributed by atoms with van der Waals surface area (Å²) in [6.45, 7) is 3.30. The second-order valence-electron chi connectivity index (χ2n) is 4.69. The zero-order chi connectivity index (χ0) is 13.0. The summed E-state index contributed by atoms with van der Waals surface area (Å²) in [5.74, 6) is 0. The van der Waals surface area contributed by atoms with Gasteiger partial charge in [-0.15, -0.1) is 0 Å². The van der Waals surface area contributed by atoms with E-state index in [1.54, 1.807) is 0 Å². The van der Waals surface area contributed by atoms with Gasteiger partial charge in [0.25, 0.3) is 0 Å². The third-order valence-electron chi connectivity index (χ3n) is 3.45. The van der Waals surface area contributed by atoms with E-state index in [2.05, 4.69) is 17.1 Å². The molecule has 1 heterocycles. The first-order valence-corrected chi connectivity index (χ1v) is 7.32. The summed E-state index contributed by atoms with van der Waals surface area (Å²) in [5.41, 5.74) is 1.00. The van der Waals surface area contributed by atoms with Crippen molar-refractivity contribution in [3.8, 4) is 0 Å². The van der Waals surface area contributed by atoms with E-state index in [-0.39, 0.29) is 0 Å². The van der Waals surface area contributed by atoms with E-state index in [0.29, 0.717) is 6.04 Å². The van der Waals surface area contributed by atoms with E-state index in [4.69, 9.17) is 23.8 Å². The molecule has 0 unspecified atom stereocenters. The van der Waals surface area contributed by atoms with Crippen LogP contribution in [0.2, 0.25) is 5.02 Å². The lowest BCUT2D eigenvalue weighted by atomic mass is 10.0. The van der Waals surface area contributed by atoms with Gasteiger partial charge in [-0.3, -0.25) is 0 Å². The molecule has 4 heteroatoms. The monoisotopic (exact) mass is 282 g/mol. The van der Waals surface area contributed by atoms with Crippen LogP contribution >= 0.6 is 23.8 Å². The molecule has 18 heavy (non-hydrogen) atoms. The molecule has 0 aliphatic carbocycles. The van der Waals surface area contributed by atoms with Gasteiger partial charge in [0.15, 0.2) is 5.11 Å². The van der Waals surface area contributed by atoms with Crippen molar-refractivity contribution < 1.29 is 0 Å². The van der Waals surface area contributed by atoms with Gasteiger partial charge in [-0.05, 0) is 62.2 Å². The van der Waals surface area contributed by atoms with Crippen molar-refractivity contribution in [2.24, 2.45) is 0 Å². The maximum Gasteiger partial charge on any atom is 0.173 e. The zero-order valence-electron chi connectivity index (χ0n) is 10.7. The number of hydrogen-bond acceptors (Lipinski definition) is 1. The average molecular weight is 283 g/mol. The summed E-state index contributed by atoms with van der Waals surface area (Å²) in [6, 6.07) is 8.25. The molecule has 0 spiro atoms. The second kappa shape index (κ2) is 6.39. The molecule has 1 saturated heterocycles. The molecule has 0 radical (unpaired) electrons. The Hall–Kier alpha value is -0.800. The minimum Gasteiger partial charge on any atom is -0.346 e. The van der Waals surface area contributed by atoms with E-state index in [1.165, 1.54) is 19.3 Å². The van der Waals surface area contributed by atoms with Gasteiger partial charge < -0.3 is 10.2 Å². The molecule has 1 atom stereocenters. The molecule has 1 aromatic rings. The van der Waals surface area contributed by atoms with Gasteiger partial charge in [-0.25, -0.2) is 0 Å². The van der Waals surface area contributed by atoms with Crippen molar-refractivity contribution in [1.82, 2.24) is 4.90 Å². The summed E-state index contributed by atoms with van der Waals surface area (Å²) in [7, 11) is 0. The van der Waals surface area contributed by atoms with Gasteiger partial charge in [-0.2, -0.15) is 0 Å². The van der Waals surface area contributed by atoms with E-state index >= 15 is 0 Å². The normalized spacial score (nSPS) is 19.7. The molecule has 1 aromatic carbocycles. The van der Waals surface area contributed by atoms with Crippen LogP contribution in [0.4, 0.5) is 5.69 Å². The minimum absolute atomic E-state index is 0.589. The van der Waals surface area contributed by atoms with Crippen molar-refractivity contribution in [3.63, 3.8) is 0 Å². The lowest BCUT2D eigenvalue weighted by Crippen LogP contribution is -2.45. The van der Waals surface area contributed by atoms with Crippen LogP contribution < -0.4 is 5.32 Å². The number of anilines is 1. The molecule has 0 saturated carbocycles. The van der Waals surface area contributed by atoms with Crippen LogP contribution in [0.15, 0.2) is 24.3 Å². The van der Waals surface area contributed by atoms with Gasteiger partial charge in [0.05, 0.1) is 0 Å². The molecule has 1 aliphatic rings. The number of benzene rings is 1. The van der Waals surface area contributed by atoms with E-state index < -0.39 is 0 Å². The second-order valence-corrected chi connectivity index (χ2v) is 5.51. The summed E-state index contributed by atoms with van der Waals surface area (Å²) < 4.78 is 0. The molecule has 0 bridgehead atoms. The Balaban J connectivity index is 2.00. The largest absolute Gasteiger partial charge is 0.346 e. The zero-order valence-corrected chi connectivity index (χ0v) is 12.2. The predicted octanol–water partition coefficient (Wildman–Crippen LogP) is 4.30. The highest BCUT2D eigenvalue weighted by Gasteiger charge is 2.22. The number of rotatable bonds is 2. The molecule has 2 rings (SSSR count). The van der Waals surface area contributed by atoms with Crippen LogP contribution in [-0.4, -0.2) is 22.6 Å². The van der Waals surface area contributed by atoms with E-state index in [0.717, 1.165) is 28.8 Å². The number of likely N-dealkylation sites (tertiary alicyclic amines) is 1. The average Bonchev–Trinajstić information content (AvgIpc) is 2.41. The Morgan fingerprint density at radius 3 is 2.78 bits per heavy atom. The highest BCUT2D eigenvalue weighted by Crippen LogP contribution is 2.21. The first-order valence-electron chi connectivity index (χ1n) is 6.54. The number of hydrogen-bond donors (Lipinski definition) is 1. The fourth-order valence-corrected chi connectivity index (χ4v) is 2.91. The van der Waals surface area contributed by atoms with Crippen molar-refractivity contribution in [2.45, 2.75) is 38.6 Å². The highest BCUT2D eigenvalue weighted by atomic mass is 35.5. The van der Waals surface area contributed by atoms with E-state index in [1.807, 2.05) is 24.3 Å². The third kappa shape index (κ3) is 3.36. The molecule has 1 aliphatic heterocycles. The summed E-state index contributed by atoms with van der Waals surface area (Å²) in [6.07, 6.45) is 4.96. The van der Waals surface area contributed by atoms with Gasteiger partial charge in [0.1, 0.15) is 0 Å². The summed E-state index contributed by atoms with van der Waals surface area (Å²) in [4.78, 5) is 2.33. The van der Waals surface area contributed by atoms with Crippen LogP contribution in [0.5, 0.6) is 0 Å². The molecule has 0 amide bonds. The summed E-state index contributed by atoms with van der Waals surface area (Å²) in [5, 5.41) is 4.88. The van der Waals surface area contributed by atoms with Gasteiger partial charge in [0, 0.05) is 23.3 Å². The lowest BCUT2D eigenvalue weighted by molar-refractivity contribution is 0.239. The number of thiocarbonyl (C=S) groups is 1. The first kappa shape index (κ1) is 13.6. The fraction of sp³-hybridized carbons (Fsp3) is 0.500. The Morgan fingerprint density at radius 2 is 2.11 bits per heavy atom. The van der Waals surface area contributed by atoms with Gasteiger partial charge in [-0.1, -0.05) is 18.5 Å². The van der Waals surface area contributed by atoms with Crippen LogP contribution in [-0.2, 0) is 0 Å². The first-order chi connectivity index (χ1) is 8.70.